The summed E-state index contributed by atoms with van der Waals surface area (Å²) in [5, 5.41) is 3.38. The van der Waals surface area contributed by atoms with Crippen molar-refractivity contribution >= 4 is 0 Å². The molecular weight excluding hydrogens is 229 g/mol. The molecule has 0 aliphatic heterocycles. The molecule has 0 aliphatic rings. The van der Waals surface area contributed by atoms with Crippen LogP contribution in [-0.2, 0) is 0 Å². The monoisotopic (exact) mass is 254 g/mol. The van der Waals surface area contributed by atoms with Crippen LogP contribution in [0.3, 0.4) is 0 Å². The van der Waals surface area contributed by atoms with Crippen molar-refractivity contribution in [3.05, 3.63) is 0 Å². The summed E-state index contributed by atoms with van der Waals surface area (Å²) in [6.45, 7) is 5.87. The van der Waals surface area contributed by atoms with Gasteiger partial charge in [-0.25, -0.2) is 0 Å². The molecule has 0 rings (SSSR count). The molecule has 0 heterocycles. The van der Waals surface area contributed by atoms with Crippen LogP contribution in [0.1, 0.15) is 39.5 Å². The topological polar surface area (TPSA) is 15.3 Å². The van der Waals surface area contributed by atoms with Crippen molar-refractivity contribution in [2.75, 3.05) is 26.7 Å². The normalized spacial score (nSPS) is 14.3. The zero-order valence-electron chi connectivity index (χ0n) is 11.1. The lowest BCUT2D eigenvalue weighted by Crippen LogP contribution is -2.40. The summed E-state index contributed by atoms with van der Waals surface area (Å²) in [5.41, 5.74) is 0. The van der Waals surface area contributed by atoms with E-state index in [2.05, 4.69) is 19.2 Å². The van der Waals surface area contributed by atoms with Gasteiger partial charge in [0.1, 0.15) is 0 Å². The first-order valence-electron chi connectivity index (χ1n) is 6.37. The summed E-state index contributed by atoms with van der Waals surface area (Å²) >= 11 is 0. The van der Waals surface area contributed by atoms with Gasteiger partial charge in [-0.15, -0.1) is 0 Å². The molecule has 0 aromatic rings. The zero-order chi connectivity index (χ0) is 13.3. The standard InChI is InChI=1S/C12H25F3N2/c1-4-6-11(16-8-5-2)10-17(3)9-7-12(13,14)15/h11,16H,4-10H2,1-3H3. The fraction of sp³-hybridized carbons (Fsp3) is 1.00. The molecule has 0 aromatic carbocycles. The van der Waals surface area contributed by atoms with Crippen molar-refractivity contribution < 1.29 is 13.2 Å². The van der Waals surface area contributed by atoms with Gasteiger partial charge in [-0.3, -0.25) is 0 Å². The molecule has 0 bridgehead atoms. The van der Waals surface area contributed by atoms with Crippen molar-refractivity contribution in [2.24, 2.45) is 0 Å². The van der Waals surface area contributed by atoms with Crippen LogP contribution in [-0.4, -0.2) is 43.8 Å². The molecule has 1 N–H and O–H groups in total. The van der Waals surface area contributed by atoms with Gasteiger partial charge in [-0.2, -0.15) is 13.2 Å². The van der Waals surface area contributed by atoms with E-state index in [-0.39, 0.29) is 6.54 Å². The molecule has 0 saturated carbocycles. The molecule has 1 unspecified atom stereocenters. The summed E-state index contributed by atoms with van der Waals surface area (Å²) in [6.07, 6.45) is -1.67. The summed E-state index contributed by atoms with van der Waals surface area (Å²) in [5.74, 6) is 0. The molecule has 0 saturated heterocycles. The van der Waals surface area contributed by atoms with Crippen LogP contribution < -0.4 is 5.32 Å². The van der Waals surface area contributed by atoms with Gasteiger partial charge >= 0.3 is 6.18 Å². The van der Waals surface area contributed by atoms with E-state index >= 15 is 0 Å². The highest BCUT2D eigenvalue weighted by molar-refractivity contribution is 4.70. The molecule has 17 heavy (non-hydrogen) atoms. The maximum absolute atomic E-state index is 12.1. The van der Waals surface area contributed by atoms with E-state index in [0.29, 0.717) is 12.6 Å². The molecule has 104 valence electrons. The minimum absolute atomic E-state index is 0.0809. The van der Waals surface area contributed by atoms with Gasteiger partial charge in [-0.1, -0.05) is 20.3 Å². The maximum Gasteiger partial charge on any atom is 0.390 e. The number of nitrogens with zero attached hydrogens (tertiary/aromatic N) is 1. The van der Waals surface area contributed by atoms with E-state index in [4.69, 9.17) is 0 Å². The van der Waals surface area contributed by atoms with Crippen LogP contribution in [0.25, 0.3) is 0 Å². The lowest BCUT2D eigenvalue weighted by atomic mass is 10.1. The van der Waals surface area contributed by atoms with Gasteiger partial charge < -0.3 is 10.2 Å². The fourth-order valence-electron chi connectivity index (χ4n) is 1.74. The van der Waals surface area contributed by atoms with Crippen LogP contribution in [0.2, 0.25) is 0 Å². The third kappa shape index (κ3) is 10.6. The maximum atomic E-state index is 12.1. The highest BCUT2D eigenvalue weighted by Gasteiger charge is 2.27. The molecule has 0 aliphatic carbocycles. The average Bonchev–Trinajstić information content (AvgIpc) is 2.22. The lowest BCUT2D eigenvalue weighted by Gasteiger charge is -2.25. The van der Waals surface area contributed by atoms with E-state index in [1.165, 1.54) is 0 Å². The highest BCUT2D eigenvalue weighted by Crippen LogP contribution is 2.19. The van der Waals surface area contributed by atoms with Crippen molar-refractivity contribution in [2.45, 2.75) is 51.7 Å². The number of rotatable bonds is 9. The Kier molecular flexibility index (Phi) is 8.60. The summed E-state index contributed by atoms with van der Waals surface area (Å²) in [4.78, 5) is 1.76. The molecular formula is C12H25F3N2. The van der Waals surface area contributed by atoms with Crippen molar-refractivity contribution in [1.82, 2.24) is 10.2 Å². The molecule has 0 aromatic heterocycles. The van der Waals surface area contributed by atoms with Crippen molar-refractivity contribution in [3.63, 3.8) is 0 Å². The second-order valence-corrected chi connectivity index (χ2v) is 4.57. The number of hydrogen-bond donors (Lipinski definition) is 1. The molecule has 1 atom stereocenters. The predicted molar refractivity (Wildman–Crippen MR) is 65.2 cm³/mol. The molecule has 0 spiro atoms. The number of hydrogen-bond acceptors (Lipinski definition) is 2. The second kappa shape index (κ2) is 8.75. The van der Waals surface area contributed by atoms with Gasteiger partial charge in [0.25, 0.3) is 0 Å². The van der Waals surface area contributed by atoms with Gasteiger partial charge in [0.2, 0.25) is 0 Å². The molecule has 2 nitrogen and oxygen atoms in total. The molecule has 0 radical (unpaired) electrons. The first-order chi connectivity index (χ1) is 7.89. The number of nitrogens with one attached hydrogen (secondary N) is 1. The third-order valence-corrected chi connectivity index (χ3v) is 2.63. The quantitative estimate of drug-likeness (QED) is 0.680. The van der Waals surface area contributed by atoms with Crippen molar-refractivity contribution in [1.29, 1.82) is 0 Å². The Morgan fingerprint density at radius 3 is 2.29 bits per heavy atom. The predicted octanol–water partition coefficient (Wildman–Crippen LogP) is 3.04. The van der Waals surface area contributed by atoms with E-state index in [1.54, 1.807) is 11.9 Å². The zero-order valence-corrected chi connectivity index (χ0v) is 11.1. The number of halogens is 3. The van der Waals surface area contributed by atoms with Crippen LogP contribution in [0.4, 0.5) is 13.2 Å². The molecule has 5 heteroatoms. The first-order valence-corrected chi connectivity index (χ1v) is 6.37. The number of alkyl halides is 3. The Bertz CT molecular complexity index is 183. The van der Waals surface area contributed by atoms with Crippen LogP contribution >= 0.6 is 0 Å². The smallest absolute Gasteiger partial charge is 0.313 e. The minimum atomic E-state index is -4.05. The Morgan fingerprint density at radius 1 is 1.18 bits per heavy atom. The molecule has 0 fully saturated rings. The van der Waals surface area contributed by atoms with E-state index in [9.17, 15) is 13.2 Å². The third-order valence-electron chi connectivity index (χ3n) is 2.63. The van der Waals surface area contributed by atoms with Crippen LogP contribution in [0.15, 0.2) is 0 Å². The minimum Gasteiger partial charge on any atom is -0.313 e. The van der Waals surface area contributed by atoms with Gasteiger partial charge in [0, 0.05) is 19.1 Å². The van der Waals surface area contributed by atoms with Gasteiger partial charge in [0.15, 0.2) is 0 Å². The Balaban J connectivity index is 3.89. The van der Waals surface area contributed by atoms with Gasteiger partial charge in [-0.05, 0) is 26.4 Å². The van der Waals surface area contributed by atoms with E-state index < -0.39 is 12.6 Å². The SMILES string of the molecule is CCCNC(CCC)CN(C)CCC(F)(F)F. The second-order valence-electron chi connectivity index (χ2n) is 4.57. The van der Waals surface area contributed by atoms with E-state index in [0.717, 1.165) is 25.8 Å². The van der Waals surface area contributed by atoms with Crippen LogP contribution in [0.5, 0.6) is 0 Å². The Morgan fingerprint density at radius 2 is 1.82 bits per heavy atom. The summed E-state index contributed by atoms with van der Waals surface area (Å²) < 4.78 is 36.2. The number of likely N-dealkylation sites (N-methyl/N-ethyl adjacent to an activating group) is 1. The average molecular weight is 254 g/mol. The summed E-state index contributed by atoms with van der Waals surface area (Å²) in [7, 11) is 1.75. The first kappa shape index (κ1) is 16.7. The largest absolute Gasteiger partial charge is 0.390 e. The highest BCUT2D eigenvalue weighted by atomic mass is 19.4. The van der Waals surface area contributed by atoms with Gasteiger partial charge in [0.05, 0.1) is 6.42 Å². The van der Waals surface area contributed by atoms with Crippen molar-refractivity contribution in [3.8, 4) is 0 Å². The summed E-state index contributed by atoms with van der Waals surface area (Å²) in [6, 6.07) is 0.304. The Labute approximate surface area is 103 Å². The van der Waals surface area contributed by atoms with Crippen LogP contribution in [0, 0.1) is 0 Å². The van der Waals surface area contributed by atoms with E-state index in [1.807, 2.05) is 0 Å². The fourth-order valence-corrected chi connectivity index (χ4v) is 1.74. The Hall–Kier alpha value is -0.290. The lowest BCUT2D eigenvalue weighted by molar-refractivity contribution is -0.137. The molecule has 0 amide bonds.